The molecule has 0 radical (unpaired) electrons. The molecule has 1 unspecified atom stereocenters. The third-order valence-electron chi connectivity index (χ3n) is 6.16. The van der Waals surface area contributed by atoms with Crippen molar-refractivity contribution in [3.63, 3.8) is 0 Å². The number of nitrogens with zero attached hydrogens (tertiary/aromatic N) is 3. The molecule has 30 heavy (non-hydrogen) atoms. The van der Waals surface area contributed by atoms with Crippen LogP contribution in [0.4, 0.5) is 4.39 Å². The van der Waals surface area contributed by atoms with Crippen molar-refractivity contribution >= 4 is 21.6 Å². The highest BCUT2D eigenvalue weighted by Gasteiger charge is 2.59. The lowest BCUT2D eigenvalue weighted by molar-refractivity contribution is 0.242. The SMILES string of the molecule is O=S(=O)(c1cccc(F)c1)N1CCC2(CC1)CC2c1nc(-c2cccc(Cl)c2)no1. The molecule has 1 saturated heterocycles. The van der Waals surface area contributed by atoms with E-state index in [1.807, 2.05) is 12.1 Å². The first-order valence-electron chi connectivity index (χ1n) is 9.73. The average Bonchev–Trinajstić information content (AvgIpc) is 3.20. The van der Waals surface area contributed by atoms with Gasteiger partial charge in [0.2, 0.25) is 21.7 Å². The lowest BCUT2D eigenvalue weighted by Crippen LogP contribution is -2.39. The molecule has 2 heterocycles. The second-order valence-corrected chi connectivity index (χ2v) is 10.3. The molecular weight excluding hydrogens is 429 g/mol. The monoisotopic (exact) mass is 447 g/mol. The predicted molar refractivity (Wildman–Crippen MR) is 109 cm³/mol. The fourth-order valence-corrected chi connectivity index (χ4v) is 5.98. The van der Waals surface area contributed by atoms with Crippen LogP contribution >= 0.6 is 11.6 Å². The molecule has 1 aliphatic heterocycles. The molecule has 1 saturated carbocycles. The van der Waals surface area contributed by atoms with Gasteiger partial charge >= 0.3 is 0 Å². The standard InChI is InChI=1S/C21H19ClFN3O3S/c22-15-4-1-3-14(11-15)19-24-20(29-25-19)18-13-21(18)7-9-26(10-8-21)30(27,28)17-6-2-5-16(23)12-17/h1-6,11-12,18H,7-10,13H2. The summed E-state index contributed by atoms with van der Waals surface area (Å²) in [5.41, 5.74) is 0.787. The van der Waals surface area contributed by atoms with Gasteiger partial charge in [0.05, 0.1) is 4.90 Å². The molecular formula is C21H19ClFN3O3S. The number of benzene rings is 2. The number of sulfonamides is 1. The third-order valence-corrected chi connectivity index (χ3v) is 8.29. The highest BCUT2D eigenvalue weighted by Crippen LogP contribution is 2.64. The summed E-state index contributed by atoms with van der Waals surface area (Å²) in [6.07, 6.45) is 2.32. The van der Waals surface area contributed by atoms with Crippen molar-refractivity contribution in [1.29, 1.82) is 0 Å². The fraction of sp³-hybridized carbons (Fsp3) is 0.333. The first-order valence-corrected chi connectivity index (χ1v) is 11.5. The summed E-state index contributed by atoms with van der Waals surface area (Å²) < 4.78 is 46.1. The van der Waals surface area contributed by atoms with Gasteiger partial charge in [-0.05, 0) is 55.0 Å². The number of halogens is 2. The van der Waals surface area contributed by atoms with Gasteiger partial charge in [0.15, 0.2) is 0 Å². The Morgan fingerprint density at radius 3 is 2.63 bits per heavy atom. The molecule has 2 aliphatic rings. The third kappa shape index (κ3) is 3.42. The van der Waals surface area contributed by atoms with Crippen LogP contribution in [0, 0.1) is 11.2 Å². The van der Waals surface area contributed by atoms with Crippen molar-refractivity contribution in [2.75, 3.05) is 13.1 Å². The van der Waals surface area contributed by atoms with E-state index >= 15 is 0 Å². The largest absolute Gasteiger partial charge is 0.339 e. The number of aromatic nitrogens is 2. The number of piperidine rings is 1. The average molecular weight is 448 g/mol. The molecule has 0 N–H and O–H groups in total. The Kier molecular flexibility index (Phi) is 4.68. The van der Waals surface area contributed by atoms with Crippen LogP contribution in [0.5, 0.6) is 0 Å². The summed E-state index contributed by atoms with van der Waals surface area (Å²) in [7, 11) is -3.70. The second kappa shape index (κ2) is 7.14. The van der Waals surface area contributed by atoms with Gasteiger partial charge in [-0.25, -0.2) is 12.8 Å². The molecule has 0 bridgehead atoms. The predicted octanol–water partition coefficient (Wildman–Crippen LogP) is 4.49. The van der Waals surface area contributed by atoms with Crippen LogP contribution in [0.25, 0.3) is 11.4 Å². The van der Waals surface area contributed by atoms with Crippen LogP contribution in [0.15, 0.2) is 57.9 Å². The van der Waals surface area contributed by atoms with Crippen molar-refractivity contribution in [3.8, 4) is 11.4 Å². The Morgan fingerprint density at radius 1 is 1.13 bits per heavy atom. The highest BCUT2D eigenvalue weighted by atomic mass is 35.5. The second-order valence-electron chi connectivity index (χ2n) is 7.95. The molecule has 6 nitrogen and oxygen atoms in total. The number of hydrogen-bond donors (Lipinski definition) is 0. The van der Waals surface area contributed by atoms with E-state index < -0.39 is 15.8 Å². The Bertz CT molecular complexity index is 1210. The molecule has 1 aromatic heterocycles. The van der Waals surface area contributed by atoms with E-state index in [4.69, 9.17) is 16.1 Å². The fourth-order valence-electron chi connectivity index (χ4n) is 4.32. The van der Waals surface area contributed by atoms with Gasteiger partial charge in [-0.3, -0.25) is 0 Å². The maximum Gasteiger partial charge on any atom is 0.243 e. The molecule has 2 aromatic carbocycles. The van der Waals surface area contributed by atoms with E-state index in [0.717, 1.165) is 18.1 Å². The van der Waals surface area contributed by atoms with Gasteiger partial charge < -0.3 is 4.52 Å². The first kappa shape index (κ1) is 19.7. The number of hydrogen-bond acceptors (Lipinski definition) is 5. The van der Waals surface area contributed by atoms with Crippen LogP contribution in [0.1, 0.15) is 31.1 Å². The molecule has 0 amide bonds. The summed E-state index contributed by atoms with van der Waals surface area (Å²) in [4.78, 5) is 4.54. The summed E-state index contributed by atoms with van der Waals surface area (Å²) in [5.74, 6) is 0.669. The van der Waals surface area contributed by atoms with E-state index in [2.05, 4.69) is 10.1 Å². The minimum Gasteiger partial charge on any atom is -0.339 e. The zero-order chi connectivity index (χ0) is 20.9. The van der Waals surface area contributed by atoms with Crippen LogP contribution in [-0.2, 0) is 10.0 Å². The summed E-state index contributed by atoms with van der Waals surface area (Å²) in [5, 5.41) is 4.69. The summed E-state index contributed by atoms with van der Waals surface area (Å²) >= 11 is 6.04. The normalized spacial score (nSPS) is 21.1. The van der Waals surface area contributed by atoms with Crippen molar-refractivity contribution in [3.05, 3.63) is 65.3 Å². The lowest BCUT2D eigenvalue weighted by Gasteiger charge is -2.31. The van der Waals surface area contributed by atoms with Gasteiger partial charge in [0.1, 0.15) is 5.82 Å². The van der Waals surface area contributed by atoms with Gasteiger partial charge in [-0.2, -0.15) is 9.29 Å². The summed E-state index contributed by atoms with van der Waals surface area (Å²) in [6, 6.07) is 12.4. The van der Waals surface area contributed by atoms with Crippen LogP contribution < -0.4 is 0 Å². The maximum atomic E-state index is 13.5. The minimum atomic E-state index is -3.70. The van der Waals surface area contributed by atoms with E-state index in [1.54, 1.807) is 12.1 Å². The molecule has 1 atom stereocenters. The molecule has 5 rings (SSSR count). The number of rotatable bonds is 4. The van der Waals surface area contributed by atoms with E-state index in [0.29, 0.717) is 42.7 Å². The summed E-state index contributed by atoms with van der Waals surface area (Å²) in [6.45, 7) is 0.787. The van der Waals surface area contributed by atoms with Crippen molar-refractivity contribution < 1.29 is 17.3 Å². The van der Waals surface area contributed by atoms with Crippen LogP contribution in [-0.4, -0.2) is 36.0 Å². The molecule has 9 heteroatoms. The smallest absolute Gasteiger partial charge is 0.243 e. The molecule has 156 valence electrons. The first-order chi connectivity index (χ1) is 14.4. The Morgan fingerprint density at radius 2 is 1.90 bits per heavy atom. The quantitative estimate of drug-likeness (QED) is 0.589. The Balaban J connectivity index is 1.28. The molecule has 1 spiro atoms. The van der Waals surface area contributed by atoms with Crippen LogP contribution in [0.3, 0.4) is 0 Å². The lowest BCUT2D eigenvalue weighted by atomic mass is 9.92. The maximum absolute atomic E-state index is 13.5. The molecule has 2 fully saturated rings. The Labute approximate surface area is 178 Å². The van der Waals surface area contributed by atoms with Crippen LogP contribution in [0.2, 0.25) is 5.02 Å². The van der Waals surface area contributed by atoms with Gasteiger partial charge in [-0.15, -0.1) is 0 Å². The van der Waals surface area contributed by atoms with E-state index in [-0.39, 0.29) is 16.2 Å². The minimum absolute atomic E-state index is 0.00568. The zero-order valence-electron chi connectivity index (χ0n) is 16.0. The van der Waals surface area contributed by atoms with Gasteiger partial charge in [-0.1, -0.05) is 35.0 Å². The van der Waals surface area contributed by atoms with Gasteiger partial charge in [0.25, 0.3) is 0 Å². The highest BCUT2D eigenvalue weighted by molar-refractivity contribution is 7.89. The van der Waals surface area contributed by atoms with E-state index in [1.165, 1.54) is 22.5 Å². The zero-order valence-corrected chi connectivity index (χ0v) is 17.5. The molecule has 1 aliphatic carbocycles. The topological polar surface area (TPSA) is 76.3 Å². The van der Waals surface area contributed by atoms with Crippen molar-refractivity contribution in [2.24, 2.45) is 5.41 Å². The Hall–Kier alpha value is -2.29. The van der Waals surface area contributed by atoms with Crippen molar-refractivity contribution in [1.82, 2.24) is 14.4 Å². The van der Waals surface area contributed by atoms with E-state index in [9.17, 15) is 12.8 Å². The molecule has 3 aromatic rings. The van der Waals surface area contributed by atoms with Gasteiger partial charge in [0, 0.05) is 29.6 Å². The van der Waals surface area contributed by atoms with Crippen molar-refractivity contribution in [2.45, 2.75) is 30.1 Å².